The molecule has 0 saturated heterocycles. The molecular formula is H3BiCoFeO. The topological polar surface area (TPSA) is 17.1 Å². The van der Waals surface area contributed by atoms with Crippen molar-refractivity contribution >= 4 is 26.2 Å². The quantitative estimate of drug-likeness (QED) is 0.500. The Morgan fingerprint density at radius 3 is 1.25 bits per heavy atom. The summed E-state index contributed by atoms with van der Waals surface area (Å²) >= 11 is 2.00. The van der Waals surface area contributed by atoms with Gasteiger partial charge in [-0.2, -0.15) is 0 Å². The van der Waals surface area contributed by atoms with Gasteiger partial charge in [-0.15, -0.1) is 0 Å². The molecule has 0 atom stereocenters. The van der Waals surface area contributed by atoms with Crippen LogP contribution in [-0.2, 0) is 36.6 Å². The molecule has 0 rings (SSSR count). The van der Waals surface area contributed by atoms with Crippen molar-refractivity contribution in [1.82, 2.24) is 0 Å². The van der Waals surface area contributed by atoms with Crippen LogP contribution in [0.4, 0.5) is 0 Å². The molecule has 0 aromatic rings. The van der Waals surface area contributed by atoms with Gasteiger partial charge in [0.15, 0.2) is 0 Å². The zero-order chi connectivity index (χ0) is 2.00. The Bertz CT molecular complexity index is 8.00. The van der Waals surface area contributed by atoms with Crippen molar-refractivity contribution < 1.29 is 36.6 Å². The molecule has 0 aliphatic carbocycles. The third-order valence-electron chi connectivity index (χ3n) is 0. The van der Waals surface area contributed by atoms with E-state index in [2.05, 4.69) is 0 Å². The molecule has 0 aromatic carbocycles. The zero-order valence-electron chi connectivity index (χ0n) is 1.80. The summed E-state index contributed by atoms with van der Waals surface area (Å²) in [5, 5.41) is 0. The second kappa shape index (κ2) is 22.2. The molecule has 0 unspecified atom stereocenters. The molecular weight excluding hydrogens is 340 g/mol. The van der Waals surface area contributed by atoms with E-state index in [1.165, 1.54) is 0 Å². The molecule has 31 valence electrons. The second-order valence-electron chi connectivity index (χ2n) is 0. The Balaban J connectivity index is -0.00000000500. The molecule has 0 N–H and O–H groups in total. The molecule has 0 spiro atoms. The Morgan fingerprint density at radius 2 is 1.25 bits per heavy atom. The van der Waals surface area contributed by atoms with E-state index in [1.54, 1.807) is 0 Å². The van der Waals surface area contributed by atoms with Crippen molar-refractivity contribution in [3.05, 3.63) is 0 Å². The molecule has 1 radical (unpaired) electrons. The van der Waals surface area contributed by atoms with Crippen LogP contribution in [0.1, 0.15) is 0 Å². The van der Waals surface area contributed by atoms with Gasteiger partial charge < -0.3 is 0 Å². The number of rotatable bonds is 0. The van der Waals surface area contributed by atoms with Crippen LogP contribution in [0.25, 0.3) is 0 Å². The molecule has 0 aliphatic heterocycles. The van der Waals surface area contributed by atoms with E-state index in [1.807, 2.05) is 15.9 Å². The standard InChI is InChI=1S/Bi.Co.Fe.O.3H. The Morgan fingerprint density at radius 1 is 1.25 bits per heavy atom. The van der Waals surface area contributed by atoms with Crippen molar-refractivity contribution in [1.29, 1.82) is 0 Å². The van der Waals surface area contributed by atoms with E-state index in [4.69, 9.17) is 3.83 Å². The maximum atomic E-state index is 8.00. The van der Waals surface area contributed by atoms with Crippen LogP contribution in [0.15, 0.2) is 0 Å². The van der Waals surface area contributed by atoms with Crippen LogP contribution < -0.4 is 0 Å². The van der Waals surface area contributed by atoms with Gasteiger partial charge in [0, 0.05) is 16.8 Å². The first-order valence-electron chi connectivity index (χ1n) is 0.144. The van der Waals surface area contributed by atoms with Gasteiger partial charge in [-0.3, -0.25) is 0 Å². The molecule has 0 amide bonds. The number of hydrogen-bond donors (Lipinski definition) is 0. The van der Waals surface area contributed by atoms with Gasteiger partial charge in [0.05, 0.1) is 0 Å². The molecule has 4 heavy (non-hydrogen) atoms. The number of hydrogen-bond acceptors (Lipinski definition) is 1. The first-order valence-corrected chi connectivity index (χ1v) is 0.595. The third-order valence-corrected chi connectivity index (χ3v) is 0. The fourth-order valence-corrected chi connectivity index (χ4v) is 0. The van der Waals surface area contributed by atoms with E-state index < -0.39 is 0 Å². The van der Waals surface area contributed by atoms with Crippen LogP contribution in [0, 0.1) is 0 Å². The van der Waals surface area contributed by atoms with Crippen molar-refractivity contribution in [2.45, 2.75) is 0 Å². The monoisotopic (exact) mass is 343 g/mol. The van der Waals surface area contributed by atoms with E-state index in [-0.39, 0.29) is 43.0 Å². The fourth-order valence-electron chi connectivity index (χ4n) is 0. The van der Waals surface area contributed by atoms with Crippen molar-refractivity contribution in [3.63, 3.8) is 0 Å². The van der Waals surface area contributed by atoms with Crippen LogP contribution >= 0.6 is 0 Å². The Hall–Kier alpha value is 1.71. The summed E-state index contributed by atoms with van der Waals surface area (Å²) in [6, 6.07) is 0. The molecule has 0 heterocycles. The van der Waals surface area contributed by atoms with Gasteiger partial charge in [0.1, 0.15) is 0 Å². The average molecular weight is 343 g/mol. The summed E-state index contributed by atoms with van der Waals surface area (Å²) in [5.41, 5.74) is 0. The van der Waals surface area contributed by atoms with Crippen molar-refractivity contribution in [2.24, 2.45) is 0 Å². The first-order chi connectivity index (χ1) is 1.00. The minimum atomic E-state index is 0. The van der Waals surface area contributed by atoms with Gasteiger partial charge in [-0.25, -0.2) is 0 Å². The van der Waals surface area contributed by atoms with E-state index >= 15 is 0 Å². The first kappa shape index (κ1) is 17.3. The van der Waals surface area contributed by atoms with E-state index in [0.29, 0.717) is 0 Å². The van der Waals surface area contributed by atoms with Crippen molar-refractivity contribution in [2.75, 3.05) is 0 Å². The third kappa shape index (κ3) is 9.32. The SMILES string of the molecule is [BiH3].[Co].[O]=[Fe]. The van der Waals surface area contributed by atoms with Gasteiger partial charge in [-0.1, -0.05) is 0 Å². The van der Waals surface area contributed by atoms with Gasteiger partial charge in [0.2, 0.25) is 0 Å². The van der Waals surface area contributed by atoms with Crippen LogP contribution in [-0.4, -0.2) is 26.2 Å². The Kier molecular flexibility index (Phi) is 95.6. The predicted molar refractivity (Wildman–Crippen MR) is 10.6 cm³/mol. The summed E-state index contributed by atoms with van der Waals surface area (Å²) in [6.45, 7) is 0. The summed E-state index contributed by atoms with van der Waals surface area (Å²) < 4.78 is 8.00. The van der Waals surface area contributed by atoms with Gasteiger partial charge in [0.25, 0.3) is 0 Å². The summed E-state index contributed by atoms with van der Waals surface area (Å²) in [4.78, 5) is 0. The van der Waals surface area contributed by atoms with E-state index in [9.17, 15) is 0 Å². The zero-order valence-corrected chi connectivity index (χ0v) is 9.45. The predicted octanol–water partition coefficient (Wildman–Crippen LogP) is -1.31. The maximum absolute atomic E-state index is 8.00. The normalized spacial score (nSPS) is 1.25. The molecule has 4 heteroatoms. The molecule has 0 bridgehead atoms. The Labute approximate surface area is 62.2 Å². The fraction of sp³-hybridized carbons (Fsp3) is 0. The molecule has 0 fully saturated rings. The van der Waals surface area contributed by atoms with Gasteiger partial charge in [-0.05, 0) is 0 Å². The molecule has 0 saturated carbocycles. The van der Waals surface area contributed by atoms with Crippen molar-refractivity contribution in [3.8, 4) is 0 Å². The second-order valence-corrected chi connectivity index (χ2v) is 0. The summed E-state index contributed by atoms with van der Waals surface area (Å²) in [6.07, 6.45) is 0. The molecule has 0 aromatic heterocycles. The summed E-state index contributed by atoms with van der Waals surface area (Å²) in [7, 11) is 0. The van der Waals surface area contributed by atoms with Gasteiger partial charge >= 0.3 is 46.0 Å². The van der Waals surface area contributed by atoms with E-state index in [0.717, 1.165) is 0 Å². The average Bonchev–Trinajstić information content (AvgIpc) is 1.00. The minimum absolute atomic E-state index is 0. The van der Waals surface area contributed by atoms with Crippen LogP contribution in [0.5, 0.6) is 0 Å². The molecule has 1 nitrogen and oxygen atoms in total. The van der Waals surface area contributed by atoms with Crippen LogP contribution in [0.2, 0.25) is 0 Å². The molecule has 0 aliphatic rings. The van der Waals surface area contributed by atoms with Crippen LogP contribution in [0.3, 0.4) is 0 Å². The summed E-state index contributed by atoms with van der Waals surface area (Å²) in [5.74, 6) is 0.